The van der Waals surface area contributed by atoms with Gasteiger partial charge in [-0.2, -0.15) is 0 Å². The first-order valence-corrected chi connectivity index (χ1v) is 13.0. The molecule has 1 aromatic rings. The molecule has 6 heteroatoms. The number of methoxy groups -OCH3 is 1. The Morgan fingerprint density at radius 1 is 1.15 bits per heavy atom. The maximum atomic E-state index is 12.1. The number of hydrogen-bond donors (Lipinski definition) is 1. The number of carbonyl (C=O) groups excluding carboxylic acids is 2. The molecule has 0 aromatic heterocycles. The summed E-state index contributed by atoms with van der Waals surface area (Å²) in [5, 5.41) is 10.5. The third-order valence-electron chi connectivity index (χ3n) is 5.63. The molecule has 0 heterocycles. The van der Waals surface area contributed by atoms with E-state index in [-0.39, 0.29) is 17.9 Å². The van der Waals surface area contributed by atoms with E-state index >= 15 is 0 Å². The molecule has 0 saturated heterocycles. The van der Waals surface area contributed by atoms with E-state index in [4.69, 9.17) is 4.74 Å². The molecule has 1 aliphatic carbocycles. The first kappa shape index (κ1) is 27.2. The summed E-state index contributed by atoms with van der Waals surface area (Å²) >= 11 is 1.74. The van der Waals surface area contributed by atoms with Crippen LogP contribution in [0.25, 0.3) is 0 Å². The van der Waals surface area contributed by atoms with Gasteiger partial charge in [-0.15, -0.1) is 11.8 Å². The van der Waals surface area contributed by atoms with Crippen molar-refractivity contribution in [3.8, 4) is 0 Å². The molecule has 2 atom stereocenters. The topological polar surface area (TPSA) is 72.8 Å². The van der Waals surface area contributed by atoms with Crippen LogP contribution in [0.4, 0.5) is 0 Å². The van der Waals surface area contributed by atoms with Gasteiger partial charge < -0.3 is 14.6 Å². The minimum Gasteiger partial charge on any atom is -0.469 e. The Morgan fingerprint density at radius 2 is 1.91 bits per heavy atom. The Kier molecular flexibility index (Phi) is 12.3. The second kappa shape index (κ2) is 15.0. The molecular formula is C27H38O5S. The average Bonchev–Trinajstić information content (AvgIpc) is 3.17. The van der Waals surface area contributed by atoms with E-state index in [2.05, 4.69) is 42.0 Å². The minimum absolute atomic E-state index is 0.155. The summed E-state index contributed by atoms with van der Waals surface area (Å²) in [6, 6.07) is 8.22. The number of hydrogen-bond acceptors (Lipinski definition) is 6. The number of benzene rings is 1. The van der Waals surface area contributed by atoms with Crippen LogP contribution in [0.2, 0.25) is 0 Å². The predicted molar refractivity (Wildman–Crippen MR) is 134 cm³/mol. The van der Waals surface area contributed by atoms with Crippen molar-refractivity contribution in [1.82, 2.24) is 0 Å². The van der Waals surface area contributed by atoms with Gasteiger partial charge in [0.1, 0.15) is 5.76 Å². The molecule has 1 aromatic carbocycles. The number of thioether (sulfide) groups is 1. The highest BCUT2D eigenvalue weighted by atomic mass is 32.2. The monoisotopic (exact) mass is 474 g/mol. The maximum Gasteiger partial charge on any atom is 0.310 e. The summed E-state index contributed by atoms with van der Waals surface area (Å²) in [4.78, 5) is 24.4. The summed E-state index contributed by atoms with van der Waals surface area (Å²) in [6.45, 7) is 4.02. The molecule has 1 N–H and O–H groups in total. The lowest BCUT2D eigenvalue weighted by molar-refractivity contribution is -0.141. The van der Waals surface area contributed by atoms with Crippen LogP contribution in [0.1, 0.15) is 69.4 Å². The Hall–Kier alpha value is -2.05. The average molecular weight is 475 g/mol. The number of esters is 2. The molecule has 0 saturated carbocycles. The quantitative estimate of drug-likeness (QED) is 0.206. The van der Waals surface area contributed by atoms with Crippen molar-refractivity contribution in [3.63, 3.8) is 0 Å². The van der Waals surface area contributed by atoms with E-state index in [1.807, 2.05) is 13.0 Å². The summed E-state index contributed by atoms with van der Waals surface area (Å²) in [6.07, 6.45) is 9.98. The van der Waals surface area contributed by atoms with Crippen molar-refractivity contribution in [2.75, 3.05) is 12.9 Å². The first-order valence-electron chi connectivity index (χ1n) is 12.0. The Bertz CT molecular complexity index is 812. The third kappa shape index (κ3) is 10.2. The van der Waals surface area contributed by atoms with E-state index < -0.39 is 6.10 Å². The zero-order chi connectivity index (χ0) is 24.1. The summed E-state index contributed by atoms with van der Waals surface area (Å²) in [7, 11) is 1.41. The lowest BCUT2D eigenvalue weighted by atomic mass is 10.0. The van der Waals surface area contributed by atoms with Crippen LogP contribution >= 0.6 is 11.8 Å². The van der Waals surface area contributed by atoms with Crippen LogP contribution in [0.15, 0.2) is 47.1 Å². The van der Waals surface area contributed by atoms with Gasteiger partial charge in [-0.25, -0.2) is 0 Å². The fraction of sp³-hybridized carbons (Fsp3) is 0.556. The largest absolute Gasteiger partial charge is 0.469 e. The smallest absolute Gasteiger partial charge is 0.310 e. The van der Waals surface area contributed by atoms with Crippen molar-refractivity contribution in [2.24, 2.45) is 5.92 Å². The Labute approximate surface area is 202 Å². The fourth-order valence-electron chi connectivity index (χ4n) is 3.74. The van der Waals surface area contributed by atoms with Gasteiger partial charge in [-0.05, 0) is 43.9 Å². The summed E-state index contributed by atoms with van der Waals surface area (Å²) in [5.41, 5.74) is 2.31. The summed E-state index contributed by atoms with van der Waals surface area (Å²) in [5.74, 6) is 1.51. The van der Waals surface area contributed by atoms with Gasteiger partial charge in [0.2, 0.25) is 0 Å². The highest BCUT2D eigenvalue weighted by molar-refractivity contribution is 8.03. The zero-order valence-corrected chi connectivity index (χ0v) is 21.0. The zero-order valence-electron chi connectivity index (χ0n) is 20.2. The van der Waals surface area contributed by atoms with Crippen LogP contribution in [0.3, 0.4) is 0 Å². The second-order valence-electron chi connectivity index (χ2n) is 8.53. The van der Waals surface area contributed by atoms with Crippen LogP contribution in [0.5, 0.6) is 0 Å². The molecule has 1 aliphatic rings. The highest BCUT2D eigenvalue weighted by Crippen LogP contribution is 2.41. The molecule has 0 radical (unpaired) electrons. The molecule has 0 spiro atoms. The first-order chi connectivity index (χ1) is 15.9. The van der Waals surface area contributed by atoms with Gasteiger partial charge in [0.05, 0.1) is 13.2 Å². The maximum absolute atomic E-state index is 12.1. The lowest BCUT2D eigenvalue weighted by Crippen LogP contribution is -2.08. The standard InChI is InChI=1S/C27H38O5S/c1-4-8-26(30)32-24-17-15-22(27(24)33-18-7-5-6-9-25(29)31-3)14-16-23(28)19-21-12-10-20(2)11-13-21/h10-14,16,22-23,28H,4-9,15,17-19H2,1-3H3/b16-14+. The molecule has 0 aliphatic heterocycles. The van der Waals surface area contributed by atoms with E-state index in [1.54, 1.807) is 11.8 Å². The normalized spacial score (nSPS) is 16.9. The van der Waals surface area contributed by atoms with Gasteiger partial charge in [-0.1, -0.05) is 55.3 Å². The number of allylic oxidation sites excluding steroid dienone is 3. The van der Waals surface area contributed by atoms with Gasteiger partial charge in [0, 0.05) is 36.5 Å². The lowest BCUT2D eigenvalue weighted by Gasteiger charge is -2.13. The Morgan fingerprint density at radius 3 is 2.61 bits per heavy atom. The fourth-order valence-corrected chi connectivity index (χ4v) is 5.02. The minimum atomic E-state index is -0.552. The van der Waals surface area contributed by atoms with E-state index in [0.717, 1.165) is 60.5 Å². The second-order valence-corrected chi connectivity index (χ2v) is 9.67. The third-order valence-corrected chi connectivity index (χ3v) is 6.96. The summed E-state index contributed by atoms with van der Waals surface area (Å²) < 4.78 is 10.4. The number of aliphatic hydroxyl groups excluding tert-OH is 1. The molecule has 182 valence electrons. The number of carbonyl (C=O) groups is 2. The van der Waals surface area contributed by atoms with Crippen LogP contribution in [-0.4, -0.2) is 36.0 Å². The van der Waals surface area contributed by atoms with Crippen LogP contribution in [-0.2, 0) is 25.5 Å². The van der Waals surface area contributed by atoms with E-state index in [1.165, 1.54) is 12.7 Å². The van der Waals surface area contributed by atoms with Crippen molar-refractivity contribution < 1.29 is 24.2 Å². The van der Waals surface area contributed by atoms with Gasteiger partial charge >= 0.3 is 11.9 Å². The van der Waals surface area contributed by atoms with Crippen LogP contribution < -0.4 is 0 Å². The van der Waals surface area contributed by atoms with Crippen molar-refractivity contribution in [1.29, 1.82) is 0 Å². The molecule has 0 fully saturated rings. The molecule has 2 rings (SSSR count). The number of rotatable bonds is 14. The molecular weight excluding hydrogens is 436 g/mol. The van der Waals surface area contributed by atoms with Crippen molar-refractivity contribution in [2.45, 2.75) is 77.7 Å². The molecule has 5 nitrogen and oxygen atoms in total. The van der Waals surface area contributed by atoms with Gasteiger partial charge in [-0.3, -0.25) is 9.59 Å². The van der Waals surface area contributed by atoms with Crippen molar-refractivity contribution in [3.05, 3.63) is 58.2 Å². The van der Waals surface area contributed by atoms with Crippen molar-refractivity contribution >= 4 is 23.7 Å². The van der Waals surface area contributed by atoms with Crippen LogP contribution in [0, 0.1) is 12.8 Å². The Balaban J connectivity index is 1.94. The number of aliphatic hydroxyl groups is 1. The van der Waals surface area contributed by atoms with E-state index in [9.17, 15) is 14.7 Å². The number of aryl methyl sites for hydroxylation is 1. The number of unbranched alkanes of at least 4 members (excludes halogenated alkanes) is 2. The van der Waals surface area contributed by atoms with Gasteiger partial charge in [0.15, 0.2) is 0 Å². The highest BCUT2D eigenvalue weighted by Gasteiger charge is 2.27. The molecule has 0 amide bonds. The molecule has 2 unspecified atom stereocenters. The van der Waals surface area contributed by atoms with E-state index in [0.29, 0.717) is 19.3 Å². The molecule has 0 bridgehead atoms. The van der Waals surface area contributed by atoms with Gasteiger partial charge in [0.25, 0.3) is 0 Å². The molecule has 33 heavy (non-hydrogen) atoms. The predicted octanol–water partition coefficient (Wildman–Crippen LogP) is 5.89. The number of ether oxygens (including phenoxy) is 2. The SMILES string of the molecule is CCCC(=O)OC1=C(SCCCCCC(=O)OC)C(/C=C/C(O)Cc2ccc(C)cc2)CC1.